The molecule has 0 aliphatic heterocycles. The molecule has 1 heterocycles. The van der Waals surface area contributed by atoms with Crippen LogP contribution in [0.5, 0.6) is 0 Å². The van der Waals surface area contributed by atoms with Gasteiger partial charge in [0.25, 0.3) is 5.69 Å². The Morgan fingerprint density at radius 2 is 2.05 bits per heavy atom. The van der Waals surface area contributed by atoms with Crippen LogP contribution in [0.25, 0.3) is 16.7 Å². The topological polar surface area (TPSA) is 61.0 Å². The quantitative estimate of drug-likeness (QED) is 0.419. The van der Waals surface area contributed by atoms with E-state index in [1.165, 1.54) is 12.1 Å². The van der Waals surface area contributed by atoms with Crippen LogP contribution < -0.4 is 0 Å². The molecule has 0 bridgehead atoms. The SMILES string of the molecule is O=[N+]([O-])c1ccc(-n2cnc3ccccc32)c(CCl)c1. The van der Waals surface area contributed by atoms with E-state index in [0.29, 0.717) is 5.56 Å². The van der Waals surface area contributed by atoms with E-state index in [-0.39, 0.29) is 11.6 Å². The fraction of sp³-hybridized carbons (Fsp3) is 0.0714. The monoisotopic (exact) mass is 287 g/mol. The Kier molecular flexibility index (Phi) is 3.12. The van der Waals surface area contributed by atoms with Crippen molar-refractivity contribution in [1.82, 2.24) is 9.55 Å². The van der Waals surface area contributed by atoms with Crippen molar-refractivity contribution in [1.29, 1.82) is 0 Å². The average Bonchev–Trinajstić information content (AvgIpc) is 2.90. The number of benzene rings is 2. The first kappa shape index (κ1) is 12.6. The van der Waals surface area contributed by atoms with Crippen molar-refractivity contribution in [2.24, 2.45) is 0 Å². The molecule has 0 atom stereocenters. The predicted molar refractivity (Wildman–Crippen MR) is 77.3 cm³/mol. The Labute approximate surface area is 119 Å². The van der Waals surface area contributed by atoms with Crippen LogP contribution in [0.2, 0.25) is 0 Å². The van der Waals surface area contributed by atoms with Gasteiger partial charge in [0, 0.05) is 18.0 Å². The minimum absolute atomic E-state index is 0.0359. The molecule has 0 unspecified atom stereocenters. The van der Waals surface area contributed by atoms with Gasteiger partial charge in [-0.15, -0.1) is 11.6 Å². The zero-order valence-electron chi connectivity index (χ0n) is 10.4. The molecule has 6 heteroatoms. The summed E-state index contributed by atoms with van der Waals surface area (Å²) >= 11 is 5.92. The summed E-state index contributed by atoms with van der Waals surface area (Å²) in [6.07, 6.45) is 1.70. The van der Waals surface area contributed by atoms with Gasteiger partial charge in [-0.05, 0) is 23.8 Å². The number of nitro groups is 1. The third-order valence-corrected chi connectivity index (χ3v) is 3.42. The molecule has 3 rings (SSSR count). The van der Waals surface area contributed by atoms with E-state index in [9.17, 15) is 10.1 Å². The first-order valence-electron chi connectivity index (χ1n) is 5.96. The smallest absolute Gasteiger partial charge is 0.269 e. The maximum Gasteiger partial charge on any atom is 0.269 e. The summed E-state index contributed by atoms with van der Waals surface area (Å²) in [5.74, 6) is 0.198. The predicted octanol–water partition coefficient (Wildman–Crippen LogP) is 3.67. The molecule has 5 nitrogen and oxygen atoms in total. The van der Waals surface area contributed by atoms with Gasteiger partial charge in [-0.1, -0.05) is 12.1 Å². The number of halogens is 1. The lowest BCUT2D eigenvalue weighted by atomic mass is 10.1. The number of non-ortho nitro benzene ring substituents is 1. The lowest BCUT2D eigenvalue weighted by molar-refractivity contribution is -0.384. The summed E-state index contributed by atoms with van der Waals surface area (Å²) in [6, 6.07) is 12.4. The van der Waals surface area contributed by atoms with Gasteiger partial charge in [-0.25, -0.2) is 4.98 Å². The van der Waals surface area contributed by atoms with Crippen molar-refractivity contribution in [3.63, 3.8) is 0 Å². The Morgan fingerprint density at radius 1 is 1.25 bits per heavy atom. The Bertz CT molecular complexity index is 798. The minimum Gasteiger partial charge on any atom is -0.299 e. The van der Waals surface area contributed by atoms with Gasteiger partial charge in [-0.3, -0.25) is 14.7 Å². The van der Waals surface area contributed by atoms with E-state index in [4.69, 9.17) is 11.6 Å². The first-order chi connectivity index (χ1) is 9.70. The molecular weight excluding hydrogens is 278 g/mol. The van der Waals surface area contributed by atoms with Crippen LogP contribution in [0, 0.1) is 10.1 Å². The maximum absolute atomic E-state index is 10.8. The first-order valence-corrected chi connectivity index (χ1v) is 6.50. The second-order valence-corrected chi connectivity index (χ2v) is 4.57. The van der Waals surface area contributed by atoms with Crippen LogP contribution in [0.1, 0.15) is 5.56 Å². The van der Waals surface area contributed by atoms with Crippen molar-refractivity contribution in [3.05, 3.63) is 64.5 Å². The van der Waals surface area contributed by atoms with Crippen LogP contribution >= 0.6 is 11.6 Å². The Hall–Kier alpha value is -2.40. The molecule has 0 amide bonds. The standard InChI is InChI=1S/C14H10ClN3O2/c15-8-10-7-11(18(19)20)5-6-13(10)17-9-16-12-3-1-2-4-14(12)17/h1-7,9H,8H2. The van der Waals surface area contributed by atoms with E-state index in [1.54, 1.807) is 12.4 Å². The number of alkyl halides is 1. The van der Waals surface area contributed by atoms with Crippen molar-refractivity contribution in [2.75, 3.05) is 0 Å². The minimum atomic E-state index is -0.425. The third kappa shape index (κ3) is 2.02. The van der Waals surface area contributed by atoms with E-state index >= 15 is 0 Å². The number of para-hydroxylation sites is 2. The van der Waals surface area contributed by atoms with E-state index in [0.717, 1.165) is 16.7 Å². The molecule has 0 saturated carbocycles. The zero-order chi connectivity index (χ0) is 14.1. The summed E-state index contributed by atoms with van der Waals surface area (Å²) in [4.78, 5) is 14.7. The molecule has 0 fully saturated rings. The van der Waals surface area contributed by atoms with Crippen LogP contribution in [0.15, 0.2) is 48.8 Å². The second-order valence-electron chi connectivity index (χ2n) is 4.31. The van der Waals surface area contributed by atoms with Gasteiger partial charge in [0.05, 0.1) is 21.6 Å². The van der Waals surface area contributed by atoms with Gasteiger partial charge < -0.3 is 0 Å². The molecule has 3 aromatic rings. The highest BCUT2D eigenvalue weighted by Gasteiger charge is 2.13. The van der Waals surface area contributed by atoms with Gasteiger partial charge in [0.15, 0.2) is 0 Å². The Balaban J connectivity index is 2.21. The highest BCUT2D eigenvalue weighted by molar-refractivity contribution is 6.17. The summed E-state index contributed by atoms with van der Waals surface area (Å²) in [5.41, 5.74) is 3.34. The molecule has 0 saturated heterocycles. The number of nitro benzene ring substituents is 1. The van der Waals surface area contributed by atoms with Crippen molar-refractivity contribution >= 4 is 28.3 Å². The summed E-state index contributed by atoms with van der Waals surface area (Å²) in [6.45, 7) is 0. The highest BCUT2D eigenvalue weighted by Crippen LogP contribution is 2.25. The molecule has 0 N–H and O–H groups in total. The molecule has 1 aromatic heterocycles. The third-order valence-electron chi connectivity index (χ3n) is 3.13. The fourth-order valence-electron chi connectivity index (χ4n) is 2.18. The molecule has 0 spiro atoms. The highest BCUT2D eigenvalue weighted by atomic mass is 35.5. The number of imidazole rings is 1. The molecule has 0 aliphatic rings. The van der Waals surface area contributed by atoms with E-state index in [1.807, 2.05) is 28.8 Å². The van der Waals surface area contributed by atoms with Crippen molar-refractivity contribution in [2.45, 2.75) is 5.88 Å². The maximum atomic E-state index is 10.8. The van der Waals surface area contributed by atoms with Gasteiger partial charge in [-0.2, -0.15) is 0 Å². The molecule has 20 heavy (non-hydrogen) atoms. The molecule has 0 aliphatic carbocycles. The van der Waals surface area contributed by atoms with Crippen LogP contribution in [0.3, 0.4) is 0 Å². The number of aromatic nitrogens is 2. The molecular formula is C14H10ClN3O2. The van der Waals surface area contributed by atoms with E-state index < -0.39 is 4.92 Å². The number of nitrogens with zero attached hydrogens (tertiary/aromatic N) is 3. The van der Waals surface area contributed by atoms with Crippen molar-refractivity contribution < 1.29 is 4.92 Å². The number of hydrogen-bond donors (Lipinski definition) is 0. The van der Waals surface area contributed by atoms with Crippen LogP contribution in [-0.4, -0.2) is 14.5 Å². The fourth-order valence-corrected chi connectivity index (χ4v) is 2.39. The zero-order valence-corrected chi connectivity index (χ0v) is 11.1. The summed E-state index contributed by atoms with van der Waals surface area (Å²) < 4.78 is 1.89. The lowest BCUT2D eigenvalue weighted by Crippen LogP contribution is -1.99. The Morgan fingerprint density at radius 3 is 2.80 bits per heavy atom. The van der Waals surface area contributed by atoms with Crippen molar-refractivity contribution in [3.8, 4) is 5.69 Å². The largest absolute Gasteiger partial charge is 0.299 e. The van der Waals surface area contributed by atoms with E-state index in [2.05, 4.69) is 4.98 Å². The molecule has 2 aromatic carbocycles. The second kappa shape index (κ2) is 4.94. The van der Waals surface area contributed by atoms with Crippen LogP contribution in [0.4, 0.5) is 5.69 Å². The number of rotatable bonds is 3. The van der Waals surface area contributed by atoms with Gasteiger partial charge in [0.2, 0.25) is 0 Å². The number of fused-ring (bicyclic) bond motifs is 1. The molecule has 0 radical (unpaired) electrons. The normalized spacial score (nSPS) is 10.8. The number of hydrogen-bond acceptors (Lipinski definition) is 3. The van der Waals surface area contributed by atoms with Gasteiger partial charge in [0.1, 0.15) is 6.33 Å². The summed E-state index contributed by atoms with van der Waals surface area (Å²) in [7, 11) is 0. The van der Waals surface area contributed by atoms with Gasteiger partial charge >= 0.3 is 0 Å². The molecule has 100 valence electrons. The summed E-state index contributed by atoms with van der Waals surface area (Å²) in [5, 5.41) is 10.8. The van der Waals surface area contributed by atoms with Crippen LogP contribution in [-0.2, 0) is 5.88 Å². The lowest BCUT2D eigenvalue weighted by Gasteiger charge is -2.09. The average molecular weight is 288 g/mol.